The molecular weight excluding hydrogens is 398 g/mol. The lowest BCUT2D eigenvalue weighted by molar-refractivity contribution is -0.876. The molecule has 0 unspecified atom stereocenters. The Kier molecular flexibility index (Phi) is 4.76. The van der Waals surface area contributed by atoms with Crippen molar-refractivity contribution in [3.63, 3.8) is 0 Å². The van der Waals surface area contributed by atoms with E-state index < -0.39 is 11.6 Å². The maximum absolute atomic E-state index is 14.6. The third-order valence-corrected chi connectivity index (χ3v) is 4.87. The van der Waals surface area contributed by atoms with Gasteiger partial charge < -0.3 is 5.73 Å². The van der Waals surface area contributed by atoms with E-state index in [4.69, 9.17) is 22.2 Å². The first kappa shape index (κ1) is 19.0. The number of pyridine rings is 1. The largest absolute Gasteiger partial charge is 0.368 e. The van der Waals surface area contributed by atoms with Gasteiger partial charge in [-0.1, -0.05) is 29.8 Å². The molecule has 0 saturated carbocycles. The summed E-state index contributed by atoms with van der Waals surface area (Å²) in [5.74, 6) is -1.57. The number of aryl methyl sites for hydroxylation is 1. The second-order valence-electron chi connectivity index (χ2n) is 6.45. The first-order valence-electron chi connectivity index (χ1n) is 8.68. The van der Waals surface area contributed by atoms with Crippen molar-refractivity contribution in [1.82, 2.24) is 9.97 Å². The first-order valence-corrected chi connectivity index (χ1v) is 9.05. The fourth-order valence-corrected chi connectivity index (χ4v) is 3.59. The summed E-state index contributed by atoms with van der Waals surface area (Å²) in [7, 11) is 1.39. The van der Waals surface area contributed by atoms with Crippen molar-refractivity contribution >= 4 is 28.5 Å². The van der Waals surface area contributed by atoms with Crippen molar-refractivity contribution in [2.75, 3.05) is 12.8 Å². The van der Waals surface area contributed by atoms with E-state index in [0.717, 1.165) is 5.56 Å². The average Bonchev–Trinajstić information content (AvgIpc) is 2.67. The molecule has 8 heteroatoms. The number of hydrogen-bond acceptors (Lipinski definition) is 4. The highest BCUT2D eigenvalue weighted by Gasteiger charge is 2.29. The third kappa shape index (κ3) is 3.23. The predicted molar refractivity (Wildman–Crippen MR) is 107 cm³/mol. The Morgan fingerprint density at radius 1 is 1.07 bits per heavy atom. The zero-order chi connectivity index (χ0) is 20.7. The lowest BCUT2D eigenvalue weighted by atomic mass is 10.0. The molecule has 0 spiro atoms. The van der Waals surface area contributed by atoms with Gasteiger partial charge in [0.1, 0.15) is 24.3 Å². The summed E-state index contributed by atoms with van der Waals surface area (Å²) in [6.45, 7) is 1.92. The van der Waals surface area contributed by atoms with E-state index in [0.29, 0.717) is 21.7 Å². The molecule has 0 aliphatic heterocycles. The van der Waals surface area contributed by atoms with Gasteiger partial charge in [0.25, 0.3) is 5.69 Å². The van der Waals surface area contributed by atoms with Gasteiger partial charge in [-0.05, 0) is 30.7 Å². The summed E-state index contributed by atoms with van der Waals surface area (Å²) in [5, 5.41) is 1.00. The van der Waals surface area contributed by atoms with E-state index >= 15 is 0 Å². The van der Waals surface area contributed by atoms with Gasteiger partial charge in [0, 0.05) is 21.7 Å². The van der Waals surface area contributed by atoms with Crippen LogP contribution in [0.5, 0.6) is 0 Å². The normalized spacial score (nSPS) is 11.1. The summed E-state index contributed by atoms with van der Waals surface area (Å²) < 4.78 is 30.4. The van der Waals surface area contributed by atoms with Gasteiger partial charge in [0.05, 0.1) is 10.7 Å². The fourth-order valence-electron chi connectivity index (χ4n) is 3.27. The standard InChI is InChI=1S/C21H16ClF2N4O/c1-11-6-7-12(14(22)10-11)18-13-8-9-28(29-2)20(19(13)27-21(25)26-18)17-15(23)4-3-5-16(17)24/h3-10H,1-2H3,(H2,25,26,27)/q+1. The molecule has 0 saturated heterocycles. The van der Waals surface area contributed by atoms with Gasteiger partial charge >= 0.3 is 0 Å². The minimum atomic E-state index is -0.754. The van der Waals surface area contributed by atoms with Crippen LogP contribution in [-0.2, 0) is 0 Å². The summed E-state index contributed by atoms with van der Waals surface area (Å²) in [5.41, 5.74) is 8.06. The van der Waals surface area contributed by atoms with Crippen molar-refractivity contribution in [3.8, 4) is 22.5 Å². The topological polar surface area (TPSA) is 64.9 Å². The van der Waals surface area contributed by atoms with E-state index in [1.54, 1.807) is 12.1 Å². The maximum Gasteiger partial charge on any atom is 0.296 e. The van der Waals surface area contributed by atoms with Crippen molar-refractivity contribution < 1.29 is 18.3 Å². The van der Waals surface area contributed by atoms with Gasteiger partial charge in [-0.2, -0.15) is 0 Å². The Bertz CT molecular complexity index is 1240. The fraction of sp³-hybridized carbons (Fsp3) is 0.0952. The van der Waals surface area contributed by atoms with Crippen LogP contribution in [0.2, 0.25) is 5.02 Å². The number of anilines is 1. The number of benzene rings is 2. The number of hydrogen-bond donors (Lipinski definition) is 1. The molecule has 2 heterocycles. The second kappa shape index (κ2) is 7.25. The summed E-state index contributed by atoms with van der Waals surface area (Å²) in [6, 6.07) is 10.8. The molecule has 2 N–H and O–H groups in total. The molecule has 0 amide bonds. The molecule has 0 bridgehead atoms. The summed E-state index contributed by atoms with van der Waals surface area (Å²) in [4.78, 5) is 13.9. The lowest BCUT2D eigenvalue weighted by Gasteiger charge is -2.11. The molecular formula is C21H16ClF2N4O+. The highest BCUT2D eigenvalue weighted by atomic mass is 35.5. The zero-order valence-electron chi connectivity index (χ0n) is 15.6. The van der Waals surface area contributed by atoms with E-state index in [-0.39, 0.29) is 22.7 Å². The molecule has 0 fully saturated rings. The molecule has 2 aromatic carbocycles. The first-order chi connectivity index (χ1) is 13.9. The average molecular weight is 414 g/mol. The van der Waals surface area contributed by atoms with Gasteiger partial charge in [0.2, 0.25) is 12.1 Å². The highest BCUT2D eigenvalue weighted by molar-refractivity contribution is 6.33. The van der Waals surface area contributed by atoms with E-state index in [1.807, 2.05) is 19.1 Å². The van der Waals surface area contributed by atoms with Gasteiger partial charge in [0.15, 0.2) is 5.52 Å². The number of nitrogens with two attached hydrogens (primary N) is 1. The van der Waals surface area contributed by atoms with Crippen LogP contribution >= 0.6 is 11.6 Å². The molecule has 29 heavy (non-hydrogen) atoms. The Balaban J connectivity index is 2.14. The Morgan fingerprint density at radius 2 is 1.79 bits per heavy atom. The number of nitrogens with zero attached hydrogens (tertiary/aromatic N) is 3. The smallest absolute Gasteiger partial charge is 0.296 e. The van der Waals surface area contributed by atoms with Crippen LogP contribution in [0.15, 0.2) is 48.7 Å². The number of nitrogen functional groups attached to an aromatic ring is 1. The molecule has 4 rings (SSSR count). The van der Waals surface area contributed by atoms with Crippen molar-refractivity contribution in [2.45, 2.75) is 6.92 Å². The molecule has 0 radical (unpaired) electrons. The quantitative estimate of drug-likeness (QED) is 0.513. The Labute approximate surface area is 170 Å². The second-order valence-corrected chi connectivity index (χ2v) is 6.85. The monoisotopic (exact) mass is 413 g/mol. The van der Waals surface area contributed by atoms with Crippen LogP contribution in [0.4, 0.5) is 14.7 Å². The summed E-state index contributed by atoms with van der Waals surface area (Å²) >= 11 is 6.43. The van der Waals surface area contributed by atoms with Crippen LogP contribution in [0.1, 0.15) is 5.56 Å². The van der Waals surface area contributed by atoms with Crippen molar-refractivity contribution in [1.29, 1.82) is 0 Å². The van der Waals surface area contributed by atoms with E-state index in [9.17, 15) is 8.78 Å². The Morgan fingerprint density at radius 3 is 2.45 bits per heavy atom. The van der Waals surface area contributed by atoms with Crippen LogP contribution in [0.3, 0.4) is 0 Å². The number of halogens is 3. The maximum atomic E-state index is 14.6. The van der Waals surface area contributed by atoms with Crippen LogP contribution in [0, 0.1) is 18.6 Å². The molecule has 5 nitrogen and oxygen atoms in total. The van der Waals surface area contributed by atoms with Crippen molar-refractivity contribution in [3.05, 3.63) is 70.9 Å². The number of aromatic nitrogens is 3. The van der Waals surface area contributed by atoms with Gasteiger partial charge in [-0.3, -0.25) is 4.84 Å². The van der Waals surface area contributed by atoms with Crippen LogP contribution < -0.4 is 15.3 Å². The van der Waals surface area contributed by atoms with Crippen molar-refractivity contribution in [2.24, 2.45) is 0 Å². The highest BCUT2D eigenvalue weighted by Crippen LogP contribution is 2.36. The predicted octanol–water partition coefficient (Wildman–Crippen LogP) is 4.13. The Hall–Kier alpha value is -3.32. The van der Waals surface area contributed by atoms with Crippen LogP contribution in [0.25, 0.3) is 33.4 Å². The summed E-state index contributed by atoms with van der Waals surface area (Å²) in [6.07, 6.45) is 1.54. The van der Waals surface area contributed by atoms with E-state index in [2.05, 4.69) is 9.97 Å². The molecule has 0 aliphatic rings. The molecule has 0 atom stereocenters. The number of fused-ring (bicyclic) bond motifs is 1. The zero-order valence-corrected chi connectivity index (χ0v) is 16.3. The van der Waals surface area contributed by atoms with Crippen LogP contribution in [-0.4, -0.2) is 17.1 Å². The minimum Gasteiger partial charge on any atom is -0.368 e. The minimum absolute atomic E-state index is 0.0593. The van der Waals surface area contributed by atoms with Gasteiger partial charge in [-0.25, -0.2) is 18.7 Å². The molecule has 4 aromatic rings. The molecule has 146 valence electrons. The molecule has 0 aliphatic carbocycles. The van der Waals surface area contributed by atoms with Gasteiger partial charge in [-0.15, -0.1) is 0 Å². The van der Waals surface area contributed by atoms with E-state index in [1.165, 1.54) is 36.2 Å². The molecule has 2 aromatic heterocycles. The lowest BCUT2D eigenvalue weighted by Crippen LogP contribution is -2.43. The third-order valence-electron chi connectivity index (χ3n) is 4.56. The SMILES string of the molecule is CO[n+]1ccc2c(-c3ccc(C)cc3Cl)nc(N)nc2c1-c1c(F)cccc1F. The number of rotatable bonds is 3.